The van der Waals surface area contributed by atoms with Gasteiger partial charge < -0.3 is 0 Å². The van der Waals surface area contributed by atoms with Crippen LogP contribution >= 0.6 is 0 Å². The summed E-state index contributed by atoms with van der Waals surface area (Å²) in [4.78, 5) is 24.9. The maximum atomic E-state index is 12.4. The average Bonchev–Trinajstić information content (AvgIpc) is 2.90. The molecule has 2 amide bonds. The molecule has 6 heteroatoms. The first-order valence-corrected chi connectivity index (χ1v) is 11.4. The Balaban J connectivity index is 1.58. The molecule has 34 heavy (non-hydrogen) atoms. The highest BCUT2D eigenvalue weighted by molar-refractivity contribution is 6.02. The van der Waals surface area contributed by atoms with E-state index < -0.39 is 0 Å². The fraction of sp³-hybridized carbons (Fsp3) is 0.214. The second-order valence-electron chi connectivity index (χ2n) is 7.95. The minimum atomic E-state index is -0.346. The lowest BCUT2D eigenvalue weighted by molar-refractivity contribution is 0.0943. The van der Waals surface area contributed by atoms with E-state index in [2.05, 4.69) is 34.9 Å². The van der Waals surface area contributed by atoms with Gasteiger partial charge >= 0.3 is 0 Å². The predicted molar refractivity (Wildman–Crippen MR) is 137 cm³/mol. The number of rotatable bonds is 8. The lowest BCUT2D eigenvalue weighted by atomic mass is 10.1. The maximum Gasteiger partial charge on any atom is 0.271 e. The summed E-state index contributed by atoms with van der Waals surface area (Å²) in [5.41, 5.74) is 11.8. The number of amides is 2. The lowest BCUT2D eigenvalue weighted by Gasteiger charge is -2.06. The van der Waals surface area contributed by atoms with Crippen molar-refractivity contribution < 1.29 is 9.59 Å². The number of nitrogens with zero attached hydrogens (tertiary/aromatic N) is 2. The molecule has 0 spiro atoms. The van der Waals surface area contributed by atoms with E-state index in [1.807, 2.05) is 62.4 Å². The van der Waals surface area contributed by atoms with Crippen LogP contribution in [0.2, 0.25) is 0 Å². The zero-order valence-corrected chi connectivity index (χ0v) is 20.1. The maximum absolute atomic E-state index is 12.4. The fourth-order valence-corrected chi connectivity index (χ4v) is 3.26. The minimum Gasteiger partial charge on any atom is -0.267 e. The lowest BCUT2D eigenvalue weighted by Crippen LogP contribution is -2.21. The van der Waals surface area contributed by atoms with Crippen LogP contribution in [0.15, 0.2) is 83.0 Å². The topological polar surface area (TPSA) is 82.9 Å². The number of hydrogen-bond donors (Lipinski definition) is 2. The van der Waals surface area contributed by atoms with E-state index in [1.54, 1.807) is 24.3 Å². The van der Waals surface area contributed by atoms with Crippen LogP contribution in [-0.4, -0.2) is 23.2 Å². The monoisotopic (exact) mass is 454 g/mol. The van der Waals surface area contributed by atoms with E-state index in [4.69, 9.17) is 0 Å². The largest absolute Gasteiger partial charge is 0.271 e. The quantitative estimate of drug-likeness (QED) is 0.366. The molecule has 6 nitrogen and oxygen atoms in total. The number of nitrogens with one attached hydrogen (secondary N) is 2. The van der Waals surface area contributed by atoms with Crippen molar-refractivity contribution in [3.63, 3.8) is 0 Å². The molecule has 0 aromatic heterocycles. The van der Waals surface area contributed by atoms with Gasteiger partial charge in [-0.25, -0.2) is 10.9 Å². The summed E-state index contributed by atoms with van der Waals surface area (Å²) < 4.78 is 0. The van der Waals surface area contributed by atoms with Crippen molar-refractivity contribution >= 4 is 23.2 Å². The number of hydrogen-bond acceptors (Lipinski definition) is 4. The van der Waals surface area contributed by atoms with Crippen molar-refractivity contribution in [1.29, 1.82) is 0 Å². The Morgan fingerprint density at radius 1 is 0.559 bits per heavy atom. The van der Waals surface area contributed by atoms with Gasteiger partial charge in [-0.15, -0.1) is 0 Å². The molecular formula is C28H30N4O2. The van der Waals surface area contributed by atoms with Gasteiger partial charge in [-0.1, -0.05) is 62.4 Å². The normalized spacial score (nSPS) is 11.8. The van der Waals surface area contributed by atoms with Crippen molar-refractivity contribution in [2.24, 2.45) is 10.2 Å². The summed E-state index contributed by atoms with van der Waals surface area (Å²) in [6.45, 7) is 7.89. The van der Waals surface area contributed by atoms with Crippen molar-refractivity contribution in [2.45, 2.75) is 40.5 Å². The molecule has 0 aliphatic carbocycles. The zero-order valence-electron chi connectivity index (χ0n) is 20.1. The SMILES string of the molecule is CCc1ccc(/C(C)=N/NC(=O)c2ccc(C(=O)N/N=C(\C)c3ccc(CC)cc3)cc2)cc1. The fourth-order valence-electron chi connectivity index (χ4n) is 3.26. The summed E-state index contributed by atoms with van der Waals surface area (Å²) in [7, 11) is 0. The first kappa shape index (κ1) is 24.6. The van der Waals surface area contributed by atoms with E-state index >= 15 is 0 Å². The van der Waals surface area contributed by atoms with Crippen LogP contribution in [0.1, 0.15) is 70.7 Å². The van der Waals surface area contributed by atoms with Gasteiger partial charge in [-0.2, -0.15) is 10.2 Å². The van der Waals surface area contributed by atoms with Crippen molar-refractivity contribution in [3.8, 4) is 0 Å². The van der Waals surface area contributed by atoms with Crippen LogP contribution in [0.3, 0.4) is 0 Å². The molecule has 0 heterocycles. The Morgan fingerprint density at radius 2 is 0.853 bits per heavy atom. The highest BCUT2D eigenvalue weighted by atomic mass is 16.2. The second-order valence-corrected chi connectivity index (χ2v) is 7.95. The van der Waals surface area contributed by atoms with Crippen LogP contribution in [0.5, 0.6) is 0 Å². The molecule has 0 aliphatic rings. The van der Waals surface area contributed by atoms with E-state index in [0.29, 0.717) is 22.6 Å². The first-order chi connectivity index (χ1) is 16.4. The molecule has 0 radical (unpaired) electrons. The molecule has 0 saturated carbocycles. The van der Waals surface area contributed by atoms with Gasteiger partial charge in [0.15, 0.2) is 0 Å². The highest BCUT2D eigenvalue weighted by Crippen LogP contribution is 2.09. The third kappa shape index (κ3) is 6.48. The van der Waals surface area contributed by atoms with Crippen LogP contribution in [0, 0.1) is 0 Å². The Kier molecular flexibility index (Phi) is 8.46. The van der Waals surface area contributed by atoms with Crippen molar-refractivity contribution in [1.82, 2.24) is 10.9 Å². The molecule has 0 saturated heterocycles. The van der Waals surface area contributed by atoms with E-state index in [-0.39, 0.29) is 11.8 Å². The molecule has 2 N–H and O–H groups in total. The van der Waals surface area contributed by atoms with Gasteiger partial charge in [0, 0.05) is 11.1 Å². The smallest absolute Gasteiger partial charge is 0.267 e. The summed E-state index contributed by atoms with van der Waals surface area (Å²) in [5.74, 6) is -0.693. The van der Waals surface area contributed by atoms with Gasteiger partial charge in [0.25, 0.3) is 11.8 Å². The molecule has 3 aromatic carbocycles. The van der Waals surface area contributed by atoms with Gasteiger partial charge in [0.1, 0.15) is 0 Å². The van der Waals surface area contributed by atoms with Crippen LogP contribution in [0.25, 0.3) is 0 Å². The number of benzene rings is 3. The van der Waals surface area contributed by atoms with Gasteiger partial charge in [-0.3, -0.25) is 9.59 Å². The summed E-state index contributed by atoms with van der Waals surface area (Å²) >= 11 is 0. The second kappa shape index (κ2) is 11.7. The Morgan fingerprint density at radius 3 is 1.15 bits per heavy atom. The van der Waals surface area contributed by atoms with Crippen LogP contribution in [-0.2, 0) is 12.8 Å². The molecule has 3 rings (SSSR count). The number of hydrazone groups is 2. The molecule has 3 aromatic rings. The zero-order chi connectivity index (χ0) is 24.5. The molecule has 0 fully saturated rings. The van der Waals surface area contributed by atoms with E-state index in [1.165, 1.54) is 11.1 Å². The number of aryl methyl sites for hydroxylation is 2. The molecular weight excluding hydrogens is 424 g/mol. The Bertz CT molecular complexity index is 1100. The van der Waals surface area contributed by atoms with E-state index in [0.717, 1.165) is 24.0 Å². The van der Waals surface area contributed by atoms with Gasteiger partial charge in [0.05, 0.1) is 11.4 Å². The highest BCUT2D eigenvalue weighted by Gasteiger charge is 2.09. The molecule has 0 atom stereocenters. The van der Waals surface area contributed by atoms with Gasteiger partial charge in [0.2, 0.25) is 0 Å². The first-order valence-electron chi connectivity index (χ1n) is 11.4. The molecule has 0 aliphatic heterocycles. The summed E-state index contributed by atoms with van der Waals surface area (Å²) in [6.07, 6.45) is 1.94. The third-order valence-corrected chi connectivity index (χ3v) is 5.62. The molecule has 174 valence electrons. The predicted octanol–water partition coefficient (Wildman–Crippen LogP) is 5.12. The Labute approximate surface area is 200 Å². The minimum absolute atomic E-state index is 0.346. The third-order valence-electron chi connectivity index (χ3n) is 5.62. The number of carbonyl (C=O) groups excluding carboxylic acids is 2. The summed E-state index contributed by atoms with van der Waals surface area (Å²) in [5, 5.41) is 8.38. The van der Waals surface area contributed by atoms with Gasteiger partial charge in [-0.05, 0) is 73.2 Å². The average molecular weight is 455 g/mol. The van der Waals surface area contributed by atoms with Crippen LogP contribution < -0.4 is 10.9 Å². The molecule has 0 bridgehead atoms. The standard InChI is InChI=1S/C28H30N4O2/c1-5-21-7-11-23(12-8-21)19(3)29-31-27(33)25-15-17-26(18-16-25)28(34)32-30-20(4)24-13-9-22(6-2)10-14-24/h7-18H,5-6H2,1-4H3,(H,31,33)(H,32,34)/b29-19+,30-20+. The Hall–Kier alpha value is -4.06. The van der Waals surface area contributed by atoms with E-state index in [9.17, 15) is 9.59 Å². The molecule has 0 unspecified atom stereocenters. The number of carbonyl (C=O) groups is 2. The summed E-state index contributed by atoms with van der Waals surface area (Å²) in [6, 6.07) is 22.5. The van der Waals surface area contributed by atoms with Crippen molar-refractivity contribution in [3.05, 3.63) is 106 Å². The van der Waals surface area contributed by atoms with Crippen LogP contribution in [0.4, 0.5) is 0 Å². The van der Waals surface area contributed by atoms with Crippen molar-refractivity contribution in [2.75, 3.05) is 0 Å².